The first-order valence-corrected chi connectivity index (χ1v) is 8.73. The van der Waals surface area contributed by atoms with Crippen LogP contribution < -0.4 is 5.32 Å². The Bertz CT molecular complexity index is 647. The van der Waals surface area contributed by atoms with E-state index in [4.69, 9.17) is 0 Å². The molecule has 0 aromatic heterocycles. The minimum atomic E-state index is -0.337. The largest absolute Gasteiger partial charge is 0.371 e. The van der Waals surface area contributed by atoms with Crippen molar-refractivity contribution in [2.45, 2.75) is 65.0 Å². The van der Waals surface area contributed by atoms with E-state index in [-0.39, 0.29) is 11.5 Å². The lowest BCUT2D eigenvalue weighted by molar-refractivity contribution is -0.112. The quantitative estimate of drug-likeness (QED) is 0.658. The highest BCUT2D eigenvalue weighted by Crippen LogP contribution is 2.25. The normalized spacial score (nSPS) is 21.5. The molecule has 1 aromatic rings. The van der Waals surface area contributed by atoms with Gasteiger partial charge in [-0.05, 0) is 50.7 Å². The number of nitrogens with zero attached hydrogens (tertiary/aromatic N) is 2. The zero-order valence-electron chi connectivity index (χ0n) is 15.0. The van der Waals surface area contributed by atoms with Crippen molar-refractivity contribution in [3.63, 3.8) is 0 Å². The average molecular weight is 325 g/mol. The minimum Gasteiger partial charge on any atom is -0.371 e. The Labute approximate surface area is 145 Å². The first-order valence-electron chi connectivity index (χ1n) is 8.73. The standard InChI is InChI=1S/C20H27N3O/c1-14(2)18-10-5-6-11-19(18)22-20(24)17(12-21)13-23-15(3)8-7-9-16(23)4/h5-6,10-11,13-16H,7-9H2,1-4H3,(H,22,24)/b17-13-. The zero-order valence-corrected chi connectivity index (χ0v) is 15.0. The van der Waals surface area contributed by atoms with Crippen LogP contribution in [0.1, 0.15) is 58.4 Å². The summed E-state index contributed by atoms with van der Waals surface area (Å²) in [7, 11) is 0. The van der Waals surface area contributed by atoms with Crippen LogP contribution in [-0.2, 0) is 4.79 Å². The summed E-state index contributed by atoms with van der Waals surface area (Å²) in [4.78, 5) is 14.7. The molecule has 1 aromatic carbocycles. The fourth-order valence-electron chi connectivity index (χ4n) is 3.29. The summed E-state index contributed by atoms with van der Waals surface area (Å²) in [5, 5.41) is 12.4. The minimum absolute atomic E-state index is 0.161. The summed E-state index contributed by atoms with van der Waals surface area (Å²) in [6, 6.07) is 10.5. The fourth-order valence-corrected chi connectivity index (χ4v) is 3.29. The van der Waals surface area contributed by atoms with E-state index in [1.165, 1.54) is 6.42 Å². The van der Waals surface area contributed by atoms with Crippen molar-refractivity contribution in [3.05, 3.63) is 41.6 Å². The van der Waals surface area contributed by atoms with Crippen molar-refractivity contribution < 1.29 is 4.79 Å². The van der Waals surface area contributed by atoms with Gasteiger partial charge in [0.1, 0.15) is 11.6 Å². The number of likely N-dealkylation sites (tertiary alicyclic amines) is 1. The second-order valence-corrected chi connectivity index (χ2v) is 6.93. The van der Waals surface area contributed by atoms with Crippen molar-refractivity contribution >= 4 is 11.6 Å². The van der Waals surface area contributed by atoms with E-state index in [1.807, 2.05) is 24.3 Å². The lowest BCUT2D eigenvalue weighted by Crippen LogP contribution is -2.40. The molecule has 2 rings (SSSR count). The maximum atomic E-state index is 12.6. The smallest absolute Gasteiger partial charge is 0.267 e. The number of amides is 1. The molecule has 1 aliphatic heterocycles. The Balaban J connectivity index is 2.21. The van der Waals surface area contributed by atoms with Crippen LogP contribution in [0.15, 0.2) is 36.0 Å². The molecule has 0 spiro atoms. The Morgan fingerprint density at radius 2 is 1.92 bits per heavy atom. The number of carbonyl (C=O) groups excluding carboxylic acids is 1. The van der Waals surface area contributed by atoms with Crippen molar-refractivity contribution in [3.8, 4) is 6.07 Å². The van der Waals surface area contributed by atoms with Gasteiger partial charge in [-0.2, -0.15) is 5.26 Å². The molecule has 24 heavy (non-hydrogen) atoms. The molecule has 4 heteroatoms. The average Bonchev–Trinajstić information content (AvgIpc) is 2.55. The summed E-state index contributed by atoms with van der Waals surface area (Å²) in [6.07, 6.45) is 5.12. The second-order valence-electron chi connectivity index (χ2n) is 6.93. The number of piperidine rings is 1. The first kappa shape index (κ1) is 18.1. The topological polar surface area (TPSA) is 56.1 Å². The molecular formula is C20H27N3O. The van der Waals surface area contributed by atoms with Crippen LogP contribution in [0.4, 0.5) is 5.69 Å². The molecule has 1 heterocycles. The molecule has 2 atom stereocenters. The van der Waals surface area contributed by atoms with Gasteiger partial charge < -0.3 is 10.2 Å². The molecule has 1 N–H and O–H groups in total. The molecular weight excluding hydrogens is 298 g/mol. The fraction of sp³-hybridized carbons (Fsp3) is 0.500. The second kappa shape index (κ2) is 8.01. The molecule has 0 saturated carbocycles. The van der Waals surface area contributed by atoms with Crippen LogP contribution in [-0.4, -0.2) is 22.9 Å². The Morgan fingerprint density at radius 1 is 1.29 bits per heavy atom. The van der Waals surface area contributed by atoms with Gasteiger partial charge in [0.05, 0.1) is 0 Å². The predicted molar refractivity (Wildman–Crippen MR) is 97.5 cm³/mol. The third-order valence-corrected chi connectivity index (χ3v) is 4.74. The summed E-state index contributed by atoms with van der Waals surface area (Å²) >= 11 is 0. The van der Waals surface area contributed by atoms with Crippen LogP contribution in [0.5, 0.6) is 0 Å². The monoisotopic (exact) mass is 325 g/mol. The van der Waals surface area contributed by atoms with Crippen molar-refractivity contribution in [2.75, 3.05) is 5.32 Å². The molecule has 1 fully saturated rings. The van der Waals surface area contributed by atoms with Gasteiger partial charge in [-0.1, -0.05) is 32.0 Å². The molecule has 0 radical (unpaired) electrons. The number of hydrogen-bond acceptors (Lipinski definition) is 3. The zero-order chi connectivity index (χ0) is 17.7. The number of carbonyl (C=O) groups is 1. The number of para-hydroxylation sites is 1. The SMILES string of the molecule is CC(C)c1ccccc1NC(=O)/C(C#N)=C\N1C(C)CCCC1C. The van der Waals surface area contributed by atoms with E-state index < -0.39 is 0 Å². The number of hydrogen-bond donors (Lipinski definition) is 1. The lowest BCUT2D eigenvalue weighted by atomic mass is 9.98. The molecule has 1 amide bonds. The van der Waals surface area contributed by atoms with Crippen molar-refractivity contribution in [2.24, 2.45) is 0 Å². The van der Waals surface area contributed by atoms with Crippen molar-refractivity contribution in [1.82, 2.24) is 4.90 Å². The molecule has 0 bridgehead atoms. The summed E-state index contributed by atoms with van der Waals surface area (Å²) in [6.45, 7) is 8.46. The maximum Gasteiger partial charge on any atom is 0.267 e. The van der Waals surface area contributed by atoms with Crippen LogP contribution >= 0.6 is 0 Å². The third kappa shape index (κ3) is 4.17. The van der Waals surface area contributed by atoms with Crippen LogP contribution in [0.25, 0.3) is 0 Å². The Hall–Kier alpha value is -2.28. The van der Waals surface area contributed by atoms with E-state index >= 15 is 0 Å². The molecule has 1 aliphatic rings. The summed E-state index contributed by atoms with van der Waals surface area (Å²) < 4.78 is 0. The van der Waals surface area contributed by atoms with Gasteiger partial charge in [-0.3, -0.25) is 4.79 Å². The lowest BCUT2D eigenvalue weighted by Gasteiger charge is -2.38. The van der Waals surface area contributed by atoms with Crippen LogP contribution in [0.2, 0.25) is 0 Å². The van der Waals surface area contributed by atoms with Gasteiger partial charge in [-0.15, -0.1) is 0 Å². The molecule has 1 saturated heterocycles. The van der Waals surface area contributed by atoms with Gasteiger partial charge in [0.25, 0.3) is 5.91 Å². The van der Waals surface area contributed by atoms with E-state index in [1.54, 1.807) is 6.20 Å². The Kier molecular flexibility index (Phi) is 6.03. The van der Waals surface area contributed by atoms with Gasteiger partial charge in [-0.25, -0.2) is 0 Å². The van der Waals surface area contributed by atoms with Crippen molar-refractivity contribution in [1.29, 1.82) is 5.26 Å². The molecule has 2 unspecified atom stereocenters. The van der Waals surface area contributed by atoms with Gasteiger partial charge in [0.15, 0.2) is 0 Å². The van der Waals surface area contributed by atoms with Crippen LogP contribution in [0, 0.1) is 11.3 Å². The van der Waals surface area contributed by atoms with E-state index in [9.17, 15) is 10.1 Å². The third-order valence-electron chi connectivity index (χ3n) is 4.74. The van der Waals surface area contributed by atoms with E-state index in [0.29, 0.717) is 18.0 Å². The molecule has 0 aliphatic carbocycles. The first-order chi connectivity index (χ1) is 11.4. The number of rotatable bonds is 4. The number of anilines is 1. The molecule has 128 valence electrons. The maximum absolute atomic E-state index is 12.6. The van der Waals surface area contributed by atoms with Crippen LogP contribution in [0.3, 0.4) is 0 Å². The highest BCUT2D eigenvalue weighted by atomic mass is 16.1. The summed E-state index contributed by atoms with van der Waals surface area (Å²) in [5.41, 5.74) is 2.01. The molecule has 4 nitrogen and oxygen atoms in total. The summed E-state index contributed by atoms with van der Waals surface area (Å²) in [5.74, 6) is -0.0336. The van der Waals surface area contributed by atoms with E-state index in [2.05, 4.69) is 44.0 Å². The number of nitriles is 1. The highest BCUT2D eigenvalue weighted by molar-refractivity contribution is 6.06. The number of benzene rings is 1. The van der Waals surface area contributed by atoms with Gasteiger partial charge in [0.2, 0.25) is 0 Å². The predicted octanol–water partition coefficient (Wildman–Crippen LogP) is 4.42. The highest BCUT2D eigenvalue weighted by Gasteiger charge is 2.24. The Morgan fingerprint density at radius 3 is 2.50 bits per heavy atom. The van der Waals surface area contributed by atoms with Gasteiger partial charge in [0, 0.05) is 24.0 Å². The number of nitrogens with one attached hydrogen (secondary N) is 1. The van der Waals surface area contributed by atoms with E-state index in [0.717, 1.165) is 24.1 Å². The van der Waals surface area contributed by atoms with Gasteiger partial charge >= 0.3 is 0 Å².